The fourth-order valence-corrected chi connectivity index (χ4v) is 2.99. The van der Waals surface area contributed by atoms with Gasteiger partial charge in [0.25, 0.3) is 0 Å². The Balaban J connectivity index is 2.39. The lowest BCUT2D eigenvalue weighted by molar-refractivity contribution is 0.00353. The van der Waals surface area contributed by atoms with Gasteiger partial charge < -0.3 is 9.84 Å². The van der Waals surface area contributed by atoms with Crippen molar-refractivity contribution < 1.29 is 9.84 Å². The Hall–Kier alpha value is -1.54. The predicted octanol–water partition coefficient (Wildman–Crippen LogP) is 3.70. The van der Waals surface area contributed by atoms with E-state index < -0.39 is 5.60 Å². The summed E-state index contributed by atoms with van der Waals surface area (Å²) in [6, 6.07) is 8.49. The summed E-state index contributed by atoms with van der Waals surface area (Å²) in [6.07, 6.45) is 2.18. The van der Waals surface area contributed by atoms with E-state index in [-0.39, 0.29) is 0 Å². The summed E-state index contributed by atoms with van der Waals surface area (Å²) in [5.74, 6) is 0.942. The van der Waals surface area contributed by atoms with E-state index in [0.29, 0.717) is 6.61 Å². The van der Waals surface area contributed by atoms with Crippen molar-refractivity contribution in [2.45, 2.75) is 39.2 Å². The van der Waals surface area contributed by atoms with Gasteiger partial charge in [-0.3, -0.25) is 0 Å². The van der Waals surface area contributed by atoms with Crippen LogP contribution in [0.15, 0.2) is 24.3 Å². The molecule has 1 aliphatic heterocycles. The molecule has 1 unspecified atom stereocenters. The number of aliphatic hydroxyl groups is 1. The second kappa shape index (κ2) is 4.24. The first-order valence-corrected chi connectivity index (χ1v) is 6.95. The molecule has 0 fully saturated rings. The van der Waals surface area contributed by atoms with Gasteiger partial charge in [-0.25, -0.2) is 0 Å². The van der Waals surface area contributed by atoms with E-state index in [1.807, 2.05) is 6.92 Å². The molecule has 1 N–H and O–H groups in total. The molecular weight excluding hydrogens is 236 g/mol. The Kier molecular flexibility index (Phi) is 2.79. The third kappa shape index (κ3) is 1.82. The fraction of sp³-hybridized carbons (Fsp3) is 0.412. The van der Waals surface area contributed by atoms with Crippen LogP contribution in [0, 0.1) is 6.92 Å². The number of hydrogen-bond acceptors (Lipinski definition) is 2. The summed E-state index contributed by atoms with van der Waals surface area (Å²) in [5, 5.41) is 12.8. The van der Waals surface area contributed by atoms with Crippen LogP contribution in [0.5, 0.6) is 5.75 Å². The first-order chi connectivity index (χ1) is 9.04. The molecular formula is C17H20O2. The van der Waals surface area contributed by atoms with Crippen LogP contribution in [0.4, 0.5) is 0 Å². The molecule has 2 heteroatoms. The lowest BCUT2D eigenvalue weighted by atomic mass is 9.85. The van der Waals surface area contributed by atoms with Crippen LogP contribution in [0.3, 0.4) is 0 Å². The molecule has 2 aromatic carbocycles. The van der Waals surface area contributed by atoms with Gasteiger partial charge in [0.15, 0.2) is 0 Å². The summed E-state index contributed by atoms with van der Waals surface area (Å²) in [7, 11) is 0. The van der Waals surface area contributed by atoms with Gasteiger partial charge in [0.2, 0.25) is 0 Å². The zero-order valence-corrected chi connectivity index (χ0v) is 11.8. The Morgan fingerprint density at radius 3 is 2.79 bits per heavy atom. The third-order valence-corrected chi connectivity index (χ3v) is 4.02. The van der Waals surface area contributed by atoms with Crippen LogP contribution in [0.25, 0.3) is 10.8 Å². The molecule has 2 aromatic rings. The second-order valence-electron chi connectivity index (χ2n) is 5.72. The van der Waals surface area contributed by atoms with E-state index >= 15 is 0 Å². The van der Waals surface area contributed by atoms with Crippen LogP contribution >= 0.6 is 0 Å². The predicted molar refractivity (Wildman–Crippen MR) is 77.7 cm³/mol. The number of ether oxygens (including phenoxy) is 1. The summed E-state index contributed by atoms with van der Waals surface area (Å²) >= 11 is 0. The van der Waals surface area contributed by atoms with Gasteiger partial charge in [-0.1, -0.05) is 37.6 Å². The molecule has 2 nitrogen and oxygen atoms in total. The smallest absolute Gasteiger partial charge is 0.130 e. The van der Waals surface area contributed by atoms with Gasteiger partial charge in [0, 0.05) is 5.39 Å². The molecule has 0 radical (unpaired) electrons. The highest BCUT2D eigenvalue weighted by atomic mass is 16.5. The molecule has 0 aliphatic carbocycles. The Morgan fingerprint density at radius 2 is 2.05 bits per heavy atom. The SMILES string of the molecule is CCCc1ccc2c3c(c(C)ccc13)OCC2(C)O. The zero-order valence-electron chi connectivity index (χ0n) is 11.8. The van der Waals surface area contributed by atoms with E-state index in [0.717, 1.165) is 35.1 Å². The highest BCUT2D eigenvalue weighted by Crippen LogP contribution is 2.42. The zero-order chi connectivity index (χ0) is 13.6. The molecule has 0 bridgehead atoms. The van der Waals surface area contributed by atoms with E-state index in [9.17, 15) is 5.11 Å². The normalized spacial score (nSPS) is 21.5. The topological polar surface area (TPSA) is 29.5 Å². The number of benzene rings is 2. The molecule has 0 amide bonds. The average molecular weight is 256 g/mol. The van der Waals surface area contributed by atoms with Crippen LogP contribution in [-0.2, 0) is 12.0 Å². The van der Waals surface area contributed by atoms with Crippen molar-refractivity contribution in [3.63, 3.8) is 0 Å². The minimum Gasteiger partial charge on any atom is -0.489 e. The molecule has 3 rings (SSSR count). The molecule has 0 saturated carbocycles. The maximum Gasteiger partial charge on any atom is 0.130 e. The third-order valence-electron chi connectivity index (χ3n) is 4.02. The Bertz CT molecular complexity index is 641. The number of hydrogen-bond donors (Lipinski definition) is 1. The van der Waals surface area contributed by atoms with E-state index in [4.69, 9.17) is 4.74 Å². The van der Waals surface area contributed by atoms with Crippen LogP contribution < -0.4 is 4.74 Å². The lowest BCUT2D eigenvalue weighted by Gasteiger charge is -2.32. The van der Waals surface area contributed by atoms with Crippen molar-refractivity contribution in [2.75, 3.05) is 6.61 Å². The highest BCUT2D eigenvalue weighted by molar-refractivity contribution is 5.96. The van der Waals surface area contributed by atoms with Crippen LogP contribution in [-0.4, -0.2) is 11.7 Å². The van der Waals surface area contributed by atoms with Gasteiger partial charge in [0.1, 0.15) is 18.0 Å². The maximum atomic E-state index is 10.5. The van der Waals surface area contributed by atoms with Gasteiger partial charge >= 0.3 is 0 Å². The molecule has 1 atom stereocenters. The van der Waals surface area contributed by atoms with Crippen molar-refractivity contribution in [3.05, 3.63) is 41.0 Å². The molecule has 0 spiro atoms. The van der Waals surface area contributed by atoms with Crippen molar-refractivity contribution in [1.82, 2.24) is 0 Å². The van der Waals surface area contributed by atoms with Crippen molar-refractivity contribution >= 4 is 10.8 Å². The van der Waals surface area contributed by atoms with Crippen molar-refractivity contribution in [3.8, 4) is 5.75 Å². The quantitative estimate of drug-likeness (QED) is 0.887. The van der Waals surface area contributed by atoms with E-state index in [2.05, 4.69) is 38.1 Å². The van der Waals surface area contributed by atoms with E-state index in [1.54, 1.807) is 0 Å². The van der Waals surface area contributed by atoms with Gasteiger partial charge in [-0.05, 0) is 42.3 Å². The minimum atomic E-state index is -0.899. The molecule has 0 aromatic heterocycles. The number of aryl methyl sites for hydroxylation is 2. The summed E-state index contributed by atoms with van der Waals surface area (Å²) in [6.45, 7) is 6.40. The summed E-state index contributed by atoms with van der Waals surface area (Å²) in [4.78, 5) is 0. The molecule has 19 heavy (non-hydrogen) atoms. The lowest BCUT2D eigenvalue weighted by Crippen LogP contribution is -2.33. The van der Waals surface area contributed by atoms with Crippen molar-refractivity contribution in [1.29, 1.82) is 0 Å². The minimum absolute atomic E-state index is 0.326. The summed E-state index contributed by atoms with van der Waals surface area (Å²) < 4.78 is 5.82. The molecule has 1 aliphatic rings. The average Bonchev–Trinajstić information content (AvgIpc) is 2.37. The Labute approximate surface area is 114 Å². The monoisotopic (exact) mass is 256 g/mol. The van der Waals surface area contributed by atoms with Crippen molar-refractivity contribution in [2.24, 2.45) is 0 Å². The fourth-order valence-electron chi connectivity index (χ4n) is 2.99. The van der Waals surface area contributed by atoms with Crippen LogP contribution in [0.2, 0.25) is 0 Å². The first-order valence-electron chi connectivity index (χ1n) is 6.95. The maximum absolute atomic E-state index is 10.5. The first kappa shape index (κ1) is 12.5. The molecule has 100 valence electrons. The second-order valence-corrected chi connectivity index (χ2v) is 5.72. The Morgan fingerprint density at radius 1 is 1.26 bits per heavy atom. The largest absolute Gasteiger partial charge is 0.489 e. The van der Waals surface area contributed by atoms with E-state index in [1.165, 1.54) is 10.9 Å². The van der Waals surface area contributed by atoms with Crippen LogP contribution in [0.1, 0.15) is 37.0 Å². The highest BCUT2D eigenvalue weighted by Gasteiger charge is 2.32. The molecule has 0 saturated heterocycles. The van der Waals surface area contributed by atoms with Gasteiger partial charge in [-0.2, -0.15) is 0 Å². The molecule has 1 heterocycles. The van der Waals surface area contributed by atoms with Gasteiger partial charge in [-0.15, -0.1) is 0 Å². The number of rotatable bonds is 2. The standard InChI is InChI=1S/C17H20O2/c1-4-5-12-7-9-14-15-13(12)8-6-11(2)16(15)19-10-17(14,3)18/h6-9,18H,4-5,10H2,1-3H3. The van der Waals surface area contributed by atoms with Gasteiger partial charge in [0.05, 0.1) is 0 Å². The summed E-state index contributed by atoms with van der Waals surface area (Å²) in [5.41, 5.74) is 2.57.